The summed E-state index contributed by atoms with van der Waals surface area (Å²) in [6, 6.07) is 5.54. The molecule has 1 aromatic carbocycles. The van der Waals surface area contributed by atoms with Crippen LogP contribution in [0.15, 0.2) is 18.2 Å². The molecule has 0 fully saturated rings. The molecule has 0 heterocycles. The Morgan fingerprint density at radius 3 is 2.25 bits per heavy atom. The molecule has 1 N–H and O–H groups in total. The maximum Gasteiger partial charge on any atom is 0.412 e. The van der Waals surface area contributed by atoms with E-state index in [1.54, 1.807) is 6.07 Å². The molecule has 1 aromatic rings. The first-order chi connectivity index (χ1) is 9.05. The second-order valence-corrected chi connectivity index (χ2v) is 6.50. The van der Waals surface area contributed by atoms with Crippen LogP contribution in [0.4, 0.5) is 10.5 Å². The number of anilines is 1. The molecule has 0 saturated heterocycles. The van der Waals surface area contributed by atoms with Gasteiger partial charge in [0.1, 0.15) is 11.9 Å². The molecule has 0 atom stereocenters. The number of benzene rings is 1. The Morgan fingerprint density at radius 2 is 1.80 bits per heavy atom. The van der Waals surface area contributed by atoms with Gasteiger partial charge >= 0.3 is 6.09 Å². The van der Waals surface area contributed by atoms with Gasteiger partial charge in [0.25, 0.3) is 0 Å². The number of hydrogen-bond donors (Lipinski definition) is 1. The van der Waals surface area contributed by atoms with Gasteiger partial charge in [-0.1, -0.05) is 12.1 Å². The lowest BCUT2D eigenvalue weighted by atomic mass is 9.85. The number of amides is 1. The van der Waals surface area contributed by atoms with Crippen LogP contribution in [-0.2, 0) is 14.9 Å². The number of hydrogen-bond acceptors (Lipinski definition) is 3. The predicted octanol–water partition coefficient (Wildman–Crippen LogP) is 3.82. The lowest BCUT2D eigenvalue weighted by molar-refractivity contribution is -0.111. The van der Waals surface area contributed by atoms with Gasteiger partial charge in [-0.2, -0.15) is 0 Å². The summed E-state index contributed by atoms with van der Waals surface area (Å²) in [6.45, 7) is 11.0. The van der Waals surface area contributed by atoms with E-state index in [9.17, 15) is 9.59 Å². The third kappa shape index (κ3) is 4.37. The molecular formula is C16H23NO3. The SMILES string of the molecule is Cc1cc(C(C)(C)C=O)ccc1NC(=O)OC(C)(C)C. The maximum atomic E-state index is 11.7. The largest absolute Gasteiger partial charge is 0.444 e. The number of ether oxygens (including phenoxy) is 1. The minimum atomic E-state index is -0.533. The molecule has 0 spiro atoms. The zero-order chi connectivity index (χ0) is 15.6. The third-order valence-corrected chi connectivity index (χ3v) is 2.90. The summed E-state index contributed by atoms with van der Waals surface area (Å²) in [5, 5.41) is 2.71. The van der Waals surface area contributed by atoms with Crippen molar-refractivity contribution in [3.8, 4) is 0 Å². The zero-order valence-electron chi connectivity index (χ0n) is 13.0. The summed E-state index contributed by atoms with van der Waals surface area (Å²) < 4.78 is 5.21. The number of aldehydes is 1. The van der Waals surface area contributed by atoms with E-state index in [2.05, 4.69) is 5.32 Å². The van der Waals surface area contributed by atoms with Crippen molar-refractivity contribution in [3.05, 3.63) is 29.3 Å². The molecule has 0 unspecified atom stereocenters. The van der Waals surface area contributed by atoms with Crippen LogP contribution >= 0.6 is 0 Å². The van der Waals surface area contributed by atoms with Crippen LogP contribution in [0.25, 0.3) is 0 Å². The van der Waals surface area contributed by atoms with Crippen molar-refractivity contribution < 1.29 is 14.3 Å². The van der Waals surface area contributed by atoms with E-state index in [4.69, 9.17) is 4.74 Å². The number of carbonyl (C=O) groups excluding carboxylic acids is 2. The van der Waals surface area contributed by atoms with Crippen molar-refractivity contribution in [2.75, 3.05) is 5.32 Å². The average Bonchev–Trinajstić information content (AvgIpc) is 2.29. The number of carbonyl (C=O) groups is 2. The standard InChI is InChI=1S/C16H23NO3/c1-11-9-12(16(5,6)10-18)7-8-13(11)17-14(19)20-15(2,3)4/h7-10H,1-6H3,(H,17,19). The second-order valence-electron chi connectivity index (χ2n) is 6.50. The van der Waals surface area contributed by atoms with Gasteiger partial charge in [-0.05, 0) is 58.7 Å². The highest BCUT2D eigenvalue weighted by molar-refractivity contribution is 5.86. The van der Waals surface area contributed by atoms with Crippen LogP contribution in [0.5, 0.6) is 0 Å². The monoisotopic (exact) mass is 277 g/mol. The van der Waals surface area contributed by atoms with Crippen LogP contribution in [0, 0.1) is 6.92 Å². The smallest absolute Gasteiger partial charge is 0.412 e. The summed E-state index contributed by atoms with van der Waals surface area (Å²) >= 11 is 0. The number of aryl methyl sites for hydroxylation is 1. The first kappa shape index (κ1) is 16.2. The number of rotatable bonds is 3. The average molecular weight is 277 g/mol. The summed E-state index contributed by atoms with van der Waals surface area (Å²) in [4.78, 5) is 22.8. The van der Waals surface area contributed by atoms with Crippen LogP contribution < -0.4 is 5.32 Å². The molecule has 0 bridgehead atoms. The summed E-state index contributed by atoms with van der Waals surface area (Å²) in [5.41, 5.74) is 1.43. The Kier molecular flexibility index (Phi) is 4.58. The Bertz CT molecular complexity index is 513. The van der Waals surface area contributed by atoms with Crippen LogP contribution in [-0.4, -0.2) is 18.0 Å². The van der Waals surface area contributed by atoms with E-state index in [1.807, 2.05) is 53.7 Å². The molecule has 0 radical (unpaired) electrons. The Balaban J connectivity index is 2.90. The Labute approximate surface area is 120 Å². The molecule has 0 aromatic heterocycles. The van der Waals surface area contributed by atoms with E-state index in [0.29, 0.717) is 5.69 Å². The van der Waals surface area contributed by atoms with Crippen molar-refractivity contribution in [2.24, 2.45) is 0 Å². The highest BCUT2D eigenvalue weighted by Gasteiger charge is 2.21. The number of nitrogens with one attached hydrogen (secondary N) is 1. The van der Waals surface area contributed by atoms with Crippen LogP contribution in [0.1, 0.15) is 45.7 Å². The molecule has 110 valence electrons. The summed E-state index contributed by atoms with van der Waals surface area (Å²) in [5.74, 6) is 0. The molecule has 0 saturated carbocycles. The van der Waals surface area contributed by atoms with Gasteiger partial charge in [0.05, 0.1) is 0 Å². The van der Waals surface area contributed by atoms with Crippen molar-refractivity contribution in [2.45, 2.75) is 52.6 Å². The Hall–Kier alpha value is -1.84. The van der Waals surface area contributed by atoms with Gasteiger partial charge in [0, 0.05) is 11.1 Å². The molecule has 1 amide bonds. The molecular weight excluding hydrogens is 254 g/mol. The second kappa shape index (κ2) is 5.65. The normalized spacial score (nSPS) is 11.9. The first-order valence-corrected chi connectivity index (χ1v) is 6.62. The van der Waals surface area contributed by atoms with Gasteiger partial charge in [-0.25, -0.2) is 4.79 Å². The van der Waals surface area contributed by atoms with Crippen LogP contribution in [0.3, 0.4) is 0 Å². The lowest BCUT2D eigenvalue weighted by Gasteiger charge is -2.21. The minimum Gasteiger partial charge on any atom is -0.444 e. The van der Waals surface area contributed by atoms with E-state index in [-0.39, 0.29) is 0 Å². The van der Waals surface area contributed by atoms with E-state index < -0.39 is 17.1 Å². The van der Waals surface area contributed by atoms with Crippen molar-refractivity contribution in [1.29, 1.82) is 0 Å². The summed E-state index contributed by atoms with van der Waals surface area (Å²) in [7, 11) is 0. The fraction of sp³-hybridized carbons (Fsp3) is 0.500. The van der Waals surface area contributed by atoms with Crippen LogP contribution in [0.2, 0.25) is 0 Å². The highest BCUT2D eigenvalue weighted by atomic mass is 16.6. The third-order valence-electron chi connectivity index (χ3n) is 2.90. The highest BCUT2D eigenvalue weighted by Crippen LogP contribution is 2.25. The fourth-order valence-electron chi connectivity index (χ4n) is 1.69. The van der Waals surface area contributed by atoms with Gasteiger partial charge in [-0.15, -0.1) is 0 Å². The van der Waals surface area contributed by atoms with E-state index in [1.165, 1.54) is 0 Å². The molecule has 4 heteroatoms. The maximum absolute atomic E-state index is 11.7. The van der Waals surface area contributed by atoms with E-state index in [0.717, 1.165) is 17.4 Å². The fourth-order valence-corrected chi connectivity index (χ4v) is 1.69. The van der Waals surface area contributed by atoms with Crippen molar-refractivity contribution in [3.63, 3.8) is 0 Å². The Morgan fingerprint density at radius 1 is 1.20 bits per heavy atom. The molecule has 0 aliphatic carbocycles. The summed E-state index contributed by atoms with van der Waals surface area (Å²) in [6.07, 6.45) is 0.436. The molecule has 0 aliphatic heterocycles. The van der Waals surface area contributed by atoms with Gasteiger partial charge in [0.2, 0.25) is 0 Å². The van der Waals surface area contributed by atoms with Crippen molar-refractivity contribution in [1.82, 2.24) is 0 Å². The molecule has 20 heavy (non-hydrogen) atoms. The van der Waals surface area contributed by atoms with Gasteiger partial charge in [0.15, 0.2) is 0 Å². The minimum absolute atomic E-state index is 0.483. The quantitative estimate of drug-likeness (QED) is 0.854. The molecule has 1 rings (SSSR count). The lowest BCUT2D eigenvalue weighted by Crippen LogP contribution is -2.27. The molecule has 4 nitrogen and oxygen atoms in total. The predicted molar refractivity (Wildman–Crippen MR) is 80.1 cm³/mol. The molecule has 0 aliphatic rings. The van der Waals surface area contributed by atoms with Gasteiger partial charge in [-0.3, -0.25) is 5.32 Å². The first-order valence-electron chi connectivity index (χ1n) is 6.62. The zero-order valence-corrected chi connectivity index (χ0v) is 13.0. The topological polar surface area (TPSA) is 55.4 Å². The van der Waals surface area contributed by atoms with E-state index >= 15 is 0 Å². The van der Waals surface area contributed by atoms with Gasteiger partial charge < -0.3 is 9.53 Å². The van der Waals surface area contributed by atoms with Crippen molar-refractivity contribution >= 4 is 18.1 Å².